The first-order chi connectivity index (χ1) is 10.4. The summed E-state index contributed by atoms with van der Waals surface area (Å²) in [7, 11) is 0. The van der Waals surface area contributed by atoms with E-state index in [1.165, 1.54) is 16.9 Å². The highest BCUT2D eigenvalue weighted by molar-refractivity contribution is 7.16. The summed E-state index contributed by atoms with van der Waals surface area (Å²) in [5.41, 5.74) is 9.75. The van der Waals surface area contributed by atoms with Crippen LogP contribution in [0.5, 0.6) is 0 Å². The van der Waals surface area contributed by atoms with Gasteiger partial charge < -0.3 is 10.5 Å². The van der Waals surface area contributed by atoms with Crippen molar-refractivity contribution in [3.63, 3.8) is 0 Å². The topological polar surface area (TPSA) is 52.3 Å². The van der Waals surface area contributed by atoms with Crippen LogP contribution in [-0.4, -0.2) is 12.6 Å². The van der Waals surface area contributed by atoms with Gasteiger partial charge in [0.15, 0.2) is 0 Å². The average molecular weight is 317 g/mol. The molecule has 1 aromatic carbocycles. The summed E-state index contributed by atoms with van der Waals surface area (Å²) in [6.45, 7) is 8.54. The summed E-state index contributed by atoms with van der Waals surface area (Å²) in [4.78, 5) is 13.4. The van der Waals surface area contributed by atoms with Crippen LogP contribution in [0.1, 0.15) is 41.6 Å². The van der Waals surface area contributed by atoms with Crippen LogP contribution in [-0.2, 0) is 11.2 Å². The number of nitrogens with two attached hydrogens (primary N) is 1. The fourth-order valence-corrected chi connectivity index (χ4v) is 3.28. The molecule has 0 aliphatic rings. The van der Waals surface area contributed by atoms with Gasteiger partial charge in [0.25, 0.3) is 0 Å². The zero-order chi connectivity index (χ0) is 16.3. The second kappa shape index (κ2) is 6.97. The van der Waals surface area contributed by atoms with Gasteiger partial charge in [0.1, 0.15) is 10.6 Å². The molecule has 0 spiro atoms. The molecule has 1 aromatic heterocycles. The third-order valence-electron chi connectivity index (χ3n) is 3.51. The van der Waals surface area contributed by atoms with Crippen LogP contribution in [0.2, 0.25) is 0 Å². The van der Waals surface area contributed by atoms with Crippen molar-refractivity contribution in [3.8, 4) is 11.1 Å². The van der Waals surface area contributed by atoms with E-state index in [9.17, 15) is 4.79 Å². The molecule has 2 rings (SSSR count). The second-order valence-electron chi connectivity index (χ2n) is 5.82. The van der Waals surface area contributed by atoms with Crippen molar-refractivity contribution in [2.45, 2.75) is 34.1 Å². The van der Waals surface area contributed by atoms with E-state index in [4.69, 9.17) is 10.5 Å². The molecule has 4 heteroatoms. The van der Waals surface area contributed by atoms with Crippen LogP contribution >= 0.6 is 11.3 Å². The van der Waals surface area contributed by atoms with E-state index in [1.54, 1.807) is 0 Å². The summed E-state index contributed by atoms with van der Waals surface area (Å²) < 4.78 is 5.38. The van der Waals surface area contributed by atoms with Crippen molar-refractivity contribution < 1.29 is 9.53 Å². The van der Waals surface area contributed by atoms with Gasteiger partial charge in [-0.2, -0.15) is 0 Å². The summed E-state index contributed by atoms with van der Waals surface area (Å²) in [6.07, 6.45) is 0.994. The van der Waals surface area contributed by atoms with Gasteiger partial charge in [0.05, 0.1) is 6.61 Å². The number of aryl methyl sites for hydroxylation is 2. The lowest BCUT2D eigenvalue weighted by Gasteiger charge is -2.10. The zero-order valence-corrected chi connectivity index (χ0v) is 14.4. The number of hydrogen-bond donors (Lipinski definition) is 1. The van der Waals surface area contributed by atoms with Crippen LogP contribution in [0.4, 0.5) is 5.00 Å². The van der Waals surface area contributed by atoms with Crippen molar-refractivity contribution in [2.24, 2.45) is 5.92 Å². The van der Waals surface area contributed by atoms with Crippen LogP contribution in [0.25, 0.3) is 11.1 Å². The largest absolute Gasteiger partial charge is 0.462 e. The molecule has 0 saturated carbocycles. The smallest absolute Gasteiger partial charge is 0.341 e. The first-order valence-corrected chi connectivity index (χ1v) is 8.41. The number of nitrogen functional groups attached to an aromatic ring is 1. The molecule has 22 heavy (non-hydrogen) atoms. The molecule has 0 saturated heterocycles. The molecular weight excluding hydrogens is 294 g/mol. The Hall–Kier alpha value is -1.81. The number of anilines is 1. The minimum atomic E-state index is -0.329. The Morgan fingerprint density at radius 3 is 2.45 bits per heavy atom. The maximum atomic E-state index is 12.4. The molecule has 0 fully saturated rings. The van der Waals surface area contributed by atoms with Gasteiger partial charge in [0.2, 0.25) is 0 Å². The van der Waals surface area contributed by atoms with Gasteiger partial charge in [-0.3, -0.25) is 0 Å². The summed E-state index contributed by atoms with van der Waals surface area (Å²) in [6, 6.07) is 8.27. The monoisotopic (exact) mass is 317 g/mol. The maximum absolute atomic E-state index is 12.4. The normalized spacial score (nSPS) is 11.0. The predicted molar refractivity (Wildman–Crippen MR) is 93.4 cm³/mol. The molecule has 3 nitrogen and oxygen atoms in total. The molecule has 0 aliphatic carbocycles. The van der Waals surface area contributed by atoms with Crippen LogP contribution in [0.3, 0.4) is 0 Å². The Labute approximate surface area is 136 Å². The number of benzene rings is 1. The predicted octanol–water partition coefficient (Wildman–Crippen LogP) is 4.68. The van der Waals surface area contributed by atoms with E-state index in [1.807, 2.05) is 32.9 Å². The molecule has 0 unspecified atom stereocenters. The zero-order valence-electron chi connectivity index (χ0n) is 13.6. The Morgan fingerprint density at radius 1 is 1.27 bits per heavy atom. The highest BCUT2D eigenvalue weighted by Crippen LogP contribution is 2.38. The Bertz CT molecular complexity index is 656. The molecule has 1 heterocycles. The highest BCUT2D eigenvalue weighted by atomic mass is 32.1. The van der Waals surface area contributed by atoms with Crippen LogP contribution < -0.4 is 5.73 Å². The third kappa shape index (κ3) is 3.50. The van der Waals surface area contributed by atoms with Gasteiger partial charge >= 0.3 is 5.97 Å². The number of esters is 1. The third-order valence-corrected chi connectivity index (χ3v) is 4.45. The number of carbonyl (C=O) groups is 1. The van der Waals surface area contributed by atoms with E-state index in [0.29, 0.717) is 23.1 Å². The standard InChI is InChI=1S/C18H23NO2S/c1-5-13-6-8-14(9-7-13)15-12(4)22-17(19)16(15)18(20)21-10-11(2)3/h6-9,11H,5,10,19H2,1-4H3. The lowest BCUT2D eigenvalue weighted by molar-refractivity contribution is 0.0461. The molecule has 2 aromatic rings. The van der Waals surface area contributed by atoms with Crippen molar-refractivity contribution in [2.75, 3.05) is 12.3 Å². The van der Waals surface area contributed by atoms with Crippen molar-refractivity contribution in [1.82, 2.24) is 0 Å². The number of rotatable bonds is 5. The maximum Gasteiger partial charge on any atom is 0.341 e. The fourth-order valence-electron chi connectivity index (χ4n) is 2.34. The molecule has 2 N–H and O–H groups in total. The van der Waals surface area contributed by atoms with E-state index >= 15 is 0 Å². The molecule has 118 valence electrons. The van der Waals surface area contributed by atoms with Crippen molar-refractivity contribution in [3.05, 3.63) is 40.3 Å². The van der Waals surface area contributed by atoms with Gasteiger partial charge in [-0.05, 0) is 30.4 Å². The minimum absolute atomic E-state index is 0.303. The molecule has 0 aliphatic heterocycles. The SMILES string of the molecule is CCc1ccc(-c2c(C)sc(N)c2C(=O)OCC(C)C)cc1. The first-order valence-electron chi connectivity index (χ1n) is 7.59. The van der Waals surface area contributed by atoms with Gasteiger partial charge in [-0.25, -0.2) is 4.79 Å². The van der Waals surface area contributed by atoms with Crippen molar-refractivity contribution in [1.29, 1.82) is 0 Å². The fraction of sp³-hybridized carbons (Fsp3) is 0.389. The molecule has 0 radical (unpaired) electrons. The molecular formula is C18H23NO2S. The summed E-state index contributed by atoms with van der Waals surface area (Å²) in [5, 5.41) is 0.529. The van der Waals surface area contributed by atoms with Gasteiger partial charge in [0, 0.05) is 10.4 Å². The number of hydrogen-bond acceptors (Lipinski definition) is 4. The lowest BCUT2D eigenvalue weighted by atomic mass is 9.99. The molecule has 0 amide bonds. The van der Waals surface area contributed by atoms with Crippen molar-refractivity contribution >= 4 is 22.3 Å². The number of ether oxygens (including phenoxy) is 1. The summed E-state index contributed by atoms with van der Waals surface area (Å²) >= 11 is 1.44. The van der Waals surface area contributed by atoms with E-state index in [-0.39, 0.29) is 5.97 Å². The Morgan fingerprint density at radius 2 is 1.91 bits per heavy atom. The van der Waals surface area contributed by atoms with E-state index in [0.717, 1.165) is 22.4 Å². The highest BCUT2D eigenvalue weighted by Gasteiger charge is 2.23. The van der Waals surface area contributed by atoms with Crippen LogP contribution in [0, 0.1) is 12.8 Å². The lowest BCUT2D eigenvalue weighted by Crippen LogP contribution is -2.11. The second-order valence-corrected chi connectivity index (χ2v) is 7.07. The van der Waals surface area contributed by atoms with Gasteiger partial charge in [-0.1, -0.05) is 45.0 Å². The first kappa shape index (κ1) is 16.6. The number of thiophene rings is 1. The Balaban J connectivity index is 2.40. The molecule has 0 atom stereocenters. The van der Waals surface area contributed by atoms with E-state index in [2.05, 4.69) is 19.1 Å². The number of carbonyl (C=O) groups excluding carboxylic acids is 1. The summed E-state index contributed by atoms with van der Waals surface area (Å²) in [5.74, 6) is -0.0256. The Kier molecular flexibility index (Phi) is 5.24. The van der Waals surface area contributed by atoms with Gasteiger partial charge in [-0.15, -0.1) is 11.3 Å². The average Bonchev–Trinajstić information content (AvgIpc) is 2.79. The van der Waals surface area contributed by atoms with Crippen LogP contribution in [0.15, 0.2) is 24.3 Å². The van der Waals surface area contributed by atoms with E-state index < -0.39 is 0 Å². The quantitative estimate of drug-likeness (QED) is 0.815. The minimum Gasteiger partial charge on any atom is -0.462 e. The molecule has 0 bridgehead atoms.